The van der Waals surface area contributed by atoms with Crippen LogP contribution in [0.2, 0.25) is 0 Å². The van der Waals surface area contributed by atoms with Gasteiger partial charge in [-0.05, 0) is 78.9 Å². The molecule has 0 amide bonds. The molecule has 3 aromatic carbocycles. The predicted molar refractivity (Wildman–Crippen MR) is 132 cm³/mol. The normalized spacial score (nSPS) is 12.1. The lowest BCUT2D eigenvalue weighted by molar-refractivity contribution is 0.174. The van der Waals surface area contributed by atoms with Crippen molar-refractivity contribution in [3.63, 3.8) is 0 Å². The molecule has 0 radical (unpaired) electrons. The van der Waals surface area contributed by atoms with Crippen LogP contribution in [0.15, 0.2) is 60.7 Å². The first-order valence-corrected chi connectivity index (χ1v) is 11.6. The van der Waals surface area contributed by atoms with Crippen LogP contribution in [0.5, 0.6) is 28.7 Å². The summed E-state index contributed by atoms with van der Waals surface area (Å²) < 4.78 is 27.3. The molecule has 34 heavy (non-hydrogen) atoms. The topological polar surface area (TPSA) is 49.4 Å². The maximum absolute atomic E-state index is 5.58. The van der Waals surface area contributed by atoms with E-state index in [0.717, 1.165) is 67.6 Å². The van der Waals surface area contributed by atoms with E-state index in [1.54, 1.807) is 21.3 Å². The summed E-state index contributed by atoms with van der Waals surface area (Å²) in [7, 11) is 5.04. The number of fused-ring (bicyclic) bond motifs is 1. The molecule has 1 aliphatic rings. The summed E-state index contributed by atoms with van der Waals surface area (Å²) in [6.07, 6.45) is 2.99. The van der Waals surface area contributed by atoms with E-state index in [0.29, 0.717) is 6.79 Å². The molecule has 0 N–H and O–H groups in total. The van der Waals surface area contributed by atoms with Gasteiger partial charge in [0.2, 0.25) is 6.79 Å². The van der Waals surface area contributed by atoms with Gasteiger partial charge in [-0.1, -0.05) is 24.3 Å². The van der Waals surface area contributed by atoms with Gasteiger partial charge in [0.15, 0.2) is 23.0 Å². The van der Waals surface area contributed by atoms with Gasteiger partial charge in [0.1, 0.15) is 5.75 Å². The van der Waals surface area contributed by atoms with Gasteiger partial charge in [-0.3, -0.25) is 4.90 Å². The van der Waals surface area contributed by atoms with Gasteiger partial charge >= 0.3 is 0 Å². The van der Waals surface area contributed by atoms with Gasteiger partial charge in [0, 0.05) is 13.1 Å². The Morgan fingerprint density at radius 3 is 2.32 bits per heavy atom. The summed E-state index contributed by atoms with van der Waals surface area (Å²) in [5.74, 6) is 4.07. The zero-order chi connectivity index (χ0) is 23.8. The minimum atomic E-state index is 0.294. The number of ether oxygens (including phenoxy) is 5. The molecule has 1 aliphatic heterocycles. The van der Waals surface area contributed by atoms with Crippen molar-refractivity contribution in [3.05, 3.63) is 77.4 Å². The van der Waals surface area contributed by atoms with Crippen LogP contribution in [-0.2, 0) is 19.4 Å². The Kier molecular flexibility index (Phi) is 8.15. The van der Waals surface area contributed by atoms with E-state index in [9.17, 15) is 0 Å². The monoisotopic (exact) mass is 463 g/mol. The molecule has 0 saturated carbocycles. The van der Waals surface area contributed by atoms with Crippen molar-refractivity contribution in [3.8, 4) is 28.7 Å². The van der Waals surface area contributed by atoms with Crippen molar-refractivity contribution in [2.45, 2.75) is 25.8 Å². The number of rotatable bonds is 12. The highest BCUT2D eigenvalue weighted by atomic mass is 16.7. The van der Waals surface area contributed by atoms with Crippen molar-refractivity contribution in [2.75, 3.05) is 41.2 Å². The van der Waals surface area contributed by atoms with Gasteiger partial charge in [-0.25, -0.2) is 0 Å². The number of nitrogens with zero attached hydrogens (tertiary/aromatic N) is 1. The molecule has 0 aliphatic carbocycles. The fraction of sp³-hybridized carbons (Fsp3) is 0.357. The van der Waals surface area contributed by atoms with E-state index in [1.165, 1.54) is 16.7 Å². The molecule has 0 unspecified atom stereocenters. The molecular formula is C28H33NO5. The van der Waals surface area contributed by atoms with E-state index < -0.39 is 0 Å². The molecule has 0 atom stereocenters. The third-order valence-corrected chi connectivity index (χ3v) is 6.08. The minimum absolute atomic E-state index is 0.294. The molecule has 4 rings (SSSR count). The molecular weight excluding hydrogens is 430 g/mol. The first-order chi connectivity index (χ1) is 16.7. The quantitative estimate of drug-likeness (QED) is 0.372. The second-order valence-electron chi connectivity index (χ2n) is 8.36. The maximum Gasteiger partial charge on any atom is 0.231 e. The zero-order valence-corrected chi connectivity index (χ0v) is 20.2. The molecule has 180 valence electrons. The van der Waals surface area contributed by atoms with Gasteiger partial charge in [-0.2, -0.15) is 0 Å². The van der Waals surface area contributed by atoms with Crippen LogP contribution in [0, 0.1) is 0 Å². The van der Waals surface area contributed by atoms with Crippen molar-refractivity contribution in [2.24, 2.45) is 0 Å². The fourth-order valence-electron chi connectivity index (χ4n) is 4.23. The lowest BCUT2D eigenvalue weighted by Crippen LogP contribution is -2.27. The van der Waals surface area contributed by atoms with E-state index >= 15 is 0 Å². The third-order valence-electron chi connectivity index (χ3n) is 6.08. The van der Waals surface area contributed by atoms with Gasteiger partial charge in [0.05, 0.1) is 21.3 Å². The number of hydrogen-bond donors (Lipinski definition) is 0. The van der Waals surface area contributed by atoms with E-state index in [-0.39, 0.29) is 0 Å². The molecule has 0 aromatic heterocycles. The summed E-state index contributed by atoms with van der Waals surface area (Å²) in [4.78, 5) is 2.49. The van der Waals surface area contributed by atoms with Crippen molar-refractivity contribution >= 4 is 0 Å². The highest BCUT2D eigenvalue weighted by molar-refractivity contribution is 5.45. The first-order valence-electron chi connectivity index (χ1n) is 11.6. The Morgan fingerprint density at radius 1 is 0.706 bits per heavy atom. The number of hydrogen-bond acceptors (Lipinski definition) is 6. The standard InChI is InChI=1S/C28H33NO5/c1-30-24-8-4-6-21(16-24)7-5-14-29(19-23-10-12-26-28(18-23)34-20-33-26)15-13-22-9-11-25(31-2)27(17-22)32-3/h4,6,8-12,16-18H,5,7,13-15,19-20H2,1-3H3. The third kappa shape index (κ3) is 6.14. The van der Waals surface area contributed by atoms with Crippen LogP contribution >= 0.6 is 0 Å². The lowest BCUT2D eigenvalue weighted by atomic mass is 10.1. The second kappa shape index (κ2) is 11.7. The van der Waals surface area contributed by atoms with E-state index in [1.807, 2.05) is 18.2 Å². The Morgan fingerprint density at radius 2 is 1.50 bits per heavy atom. The average molecular weight is 464 g/mol. The minimum Gasteiger partial charge on any atom is -0.497 e. The van der Waals surface area contributed by atoms with Crippen LogP contribution in [0.3, 0.4) is 0 Å². The lowest BCUT2D eigenvalue weighted by Gasteiger charge is -2.23. The SMILES string of the molecule is COc1cccc(CCCN(CCc2ccc(OC)c(OC)c2)Cc2ccc3c(c2)OCO3)c1. The Labute approximate surface area is 202 Å². The van der Waals surface area contributed by atoms with Crippen LogP contribution in [-0.4, -0.2) is 46.1 Å². The average Bonchev–Trinajstić information content (AvgIpc) is 3.35. The summed E-state index contributed by atoms with van der Waals surface area (Å²) in [5, 5.41) is 0. The summed E-state index contributed by atoms with van der Waals surface area (Å²) in [6.45, 7) is 3.06. The molecule has 0 fully saturated rings. The Hall–Kier alpha value is -3.38. The molecule has 0 saturated heterocycles. The van der Waals surface area contributed by atoms with E-state index in [4.69, 9.17) is 23.7 Å². The van der Waals surface area contributed by atoms with Gasteiger partial charge < -0.3 is 23.7 Å². The molecule has 0 spiro atoms. The van der Waals surface area contributed by atoms with Crippen molar-refractivity contribution < 1.29 is 23.7 Å². The smallest absolute Gasteiger partial charge is 0.231 e. The molecule has 6 nitrogen and oxygen atoms in total. The summed E-state index contributed by atoms with van der Waals surface area (Å²) in [5.41, 5.74) is 3.74. The Bertz CT molecular complexity index is 1080. The summed E-state index contributed by atoms with van der Waals surface area (Å²) in [6, 6.07) is 20.7. The number of methoxy groups -OCH3 is 3. The van der Waals surface area contributed by atoms with Crippen LogP contribution in [0.25, 0.3) is 0 Å². The van der Waals surface area contributed by atoms with E-state index in [2.05, 4.69) is 47.4 Å². The molecule has 0 bridgehead atoms. The molecule has 1 heterocycles. The van der Waals surface area contributed by atoms with Crippen LogP contribution < -0.4 is 23.7 Å². The van der Waals surface area contributed by atoms with Crippen LogP contribution in [0.1, 0.15) is 23.1 Å². The second-order valence-corrected chi connectivity index (χ2v) is 8.36. The molecule has 3 aromatic rings. The van der Waals surface area contributed by atoms with Crippen molar-refractivity contribution in [1.29, 1.82) is 0 Å². The zero-order valence-electron chi connectivity index (χ0n) is 20.2. The highest BCUT2D eigenvalue weighted by Gasteiger charge is 2.15. The largest absolute Gasteiger partial charge is 0.497 e. The maximum atomic E-state index is 5.58. The summed E-state index contributed by atoms with van der Waals surface area (Å²) >= 11 is 0. The first kappa shape index (κ1) is 23.8. The van der Waals surface area contributed by atoms with Gasteiger partial charge in [-0.15, -0.1) is 0 Å². The van der Waals surface area contributed by atoms with Crippen molar-refractivity contribution in [1.82, 2.24) is 4.90 Å². The number of aryl methyl sites for hydroxylation is 1. The number of benzene rings is 3. The fourth-order valence-corrected chi connectivity index (χ4v) is 4.23. The predicted octanol–water partition coefficient (Wildman–Crippen LogP) is 5.12. The van der Waals surface area contributed by atoms with Crippen LogP contribution in [0.4, 0.5) is 0 Å². The highest BCUT2D eigenvalue weighted by Crippen LogP contribution is 2.33. The Balaban J connectivity index is 1.42. The molecule has 6 heteroatoms. The van der Waals surface area contributed by atoms with Gasteiger partial charge in [0.25, 0.3) is 0 Å².